The molecule has 0 aliphatic carbocycles. The number of carbonyl (C=O) groups is 1. The van der Waals surface area contributed by atoms with Gasteiger partial charge in [-0.05, 0) is 51.4 Å². The van der Waals surface area contributed by atoms with Crippen molar-refractivity contribution in [2.24, 2.45) is 0 Å². The summed E-state index contributed by atoms with van der Waals surface area (Å²) in [5.41, 5.74) is 0. The summed E-state index contributed by atoms with van der Waals surface area (Å²) >= 11 is 0. The topological polar surface area (TPSA) is 69.6 Å². The molecule has 0 aliphatic rings. The maximum Gasteiger partial charge on any atom is 0.220 e. The van der Waals surface area contributed by atoms with E-state index in [9.17, 15) is 15.0 Å². The second-order valence-corrected chi connectivity index (χ2v) is 23.6. The normalized spacial score (nSPS) is 12.9. The number of hydrogen-bond donors (Lipinski definition) is 3. The Labute approximate surface area is 465 Å². The molecule has 0 fully saturated rings. The van der Waals surface area contributed by atoms with Crippen LogP contribution in [0, 0.1) is 0 Å². The van der Waals surface area contributed by atoms with Crippen LogP contribution in [0.1, 0.15) is 386 Å². The molecule has 0 spiro atoms. The van der Waals surface area contributed by atoms with Gasteiger partial charge in [0.05, 0.1) is 18.8 Å². The molecule has 438 valence electrons. The molecule has 1 amide bonds. The van der Waals surface area contributed by atoms with Crippen LogP contribution in [0.5, 0.6) is 0 Å². The summed E-state index contributed by atoms with van der Waals surface area (Å²) in [6.07, 6.45) is 90.9. The number of unbranched alkanes of at least 4 members (excludes halogenated alkanes) is 53. The van der Waals surface area contributed by atoms with Crippen molar-refractivity contribution in [3.63, 3.8) is 0 Å². The number of amides is 1. The third kappa shape index (κ3) is 61.5. The monoisotopic (exact) mass is 1040 g/mol. The third-order valence-electron chi connectivity index (χ3n) is 16.1. The van der Waals surface area contributed by atoms with Gasteiger partial charge in [0.2, 0.25) is 5.91 Å². The van der Waals surface area contributed by atoms with Crippen molar-refractivity contribution in [2.75, 3.05) is 6.61 Å². The summed E-state index contributed by atoms with van der Waals surface area (Å²) in [4.78, 5) is 12.5. The molecule has 0 radical (unpaired) electrons. The molecule has 2 atom stereocenters. The van der Waals surface area contributed by atoms with E-state index in [0.717, 1.165) is 32.1 Å². The zero-order valence-electron chi connectivity index (χ0n) is 50.6. The summed E-state index contributed by atoms with van der Waals surface area (Å²) in [5, 5.41) is 23.3. The van der Waals surface area contributed by atoms with Crippen molar-refractivity contribution in [2.45, 2.75) is 398 Å². The molecule has 3 N–H and O–H groups in total. The Kier molecular flexibility index (Phi) is 64.7. The quantitative estimate of drug-likeness (QED) is 0.0420. The Balaban J connectivity index is 3.40. The van der Waals surface area contributed by atoms with Gasteiger partial charge in [-0.15, -0.1) is 0 Å². The zero-order chi connectivity index (χ0) is 53.4. The number of carbonyl (C=O) groups excluding carboxylic acids is 1. The highest BCUT2D eigenvalue weighted by atomic mass is 16.3. The first-order valence-electron chi connectivity index (χ1n) is 34.2. The van der Waals surface area contributed by atoms with Crippen LogP contribution in [0.4, 0.5) is 0 Å². The molecule has 4 nitrogen and oxygen atoms in total. The van der Waals surface area contributed by atoms with Crippen LogP contribution in [0.25, 0.3) is 0 Å². The van der Waals surface area contributed by atoms with Crippen LogP contribution in [0.3, 0.4) is 0 Å². The molecule has 0 aromatic heterocycles. The molecule has 0 aliphatic heterocycles. The van der Waals surface area contributed by atoms with Crippen molar-refractivity contribution >= 4 is 5.91 Å². The summed E-state index contributed by atoms with van der Waals surface area (Å²) in [6, 6.07) is -0.621. The lowest BCUT2D eigenvalue weighted by Gasteiger charge is -2.20. The van der Waals surface area contributed by atoms with Crippen LogP contribution >= 0.6 is 0 Å². The van der Waals surface area contributed by atoms with Gasteiger partial charge in [-0.1, -0.05) is 365 Å². The largest absolute Gasteiger partial charge is 0.394 e. The van der Waals surface area contributed by atoms with Gasteiger partial charge in [-0.3, -0.25) is 4.79 Å². The minimum absolute atomic E-state index is 0.0552. The average Bonchev–Trinajstić information content (AvgIpc) is 3.40. The summed E-state index contributed by atoms with van der Waals surface area (Å²) in [7, 11) is 0. The molecular formula is C70H135NO3. The molecule has 0 saturated heterocycles. The van der Waals surface area contributed by atoms with Gasteiger partial charge in [0, 0.05) is 6.42 Å². The Morgan fingerprint density at radius 2 is 0.554 bits per heavy atom. The molecule has 0 saturated carbocycles. The van der Waals surface area contributed by atoms with Gasteiger partial charge in [0.15, 0.2) is 0 Å². The van der Waals surface area contributed by atoms with Crippen molar-refractivity contribution in [3.8, 4) is 0 Å². The van der Waals surface area contributed by atoms with E-state index in [4.69, 9.17) is 0 Å². The van der Waals surface area contributed by atoms with E-state index in [-0.39, 0.29) is 12.5 Å². The van der Waals surface area contributed by atoms with Crippen LogP contribution in [-0.2, 0) is 4.79 Å². The number of hydrogen-bond acceptors (Lipinski definition) is 3. The predicted octanol–water partition coefficient (Wildman–Crippen LogP) is 23.2. The molecule has 4 heteroatoms. The van der Waals surface area contributed by atoms with Crippen molar-refractivity contribution in [1.29, 1.82) is 0 Å². The van der Waals surface area contributed by atoms with Crippen molar-refractivity contribution < 1.29 is 15.0 Å². The Hall–Kier alpha value is -1.39. The molecule has 2 unspecified atom stereocenters. The first-order chi connectivity index (χ1) is 36.7. The van der Waals surface area contributed by atoms with Crippen molar-refractivity contribution in [3.05, 3.63) is 36.5 Å². The fourth-order valence-corrected chi connectivity index (χ4v) is 10.9. The summed E-state index contributed by atoms with van der Waals surface area (Å²) in [5.74, 6) is -0.0552. The van der Waals surface area contributed by atoms with E-state index in [1.807, 2.05) is 6.08 Å². The lowest BCUT2D eigenvalue weighted by Crippen LogP contribution is -2.45. The van der Waals surface area contributed by atoms with Gasteiger partial charge in [-0.25, -0.2) is 0 Å². The zero-order valence-corrected chi connectivity index (χ0v) is 50.6. The minimum Gasteiger partial charge on any atom is -0.394 e. The van der Waals surface area contributed by atoms with Gasteiger partial charge in [-0.2, -0.15) is 0 Å². The first-order valence-corrected chi connectivity index (χ1v) is 34.2. The predicted molar refractivity (Wildman–Crippen MR) is 332 cm³/mol. The molecule has 74 heavy (non-hydrogen) atoms. The highest BCUT2D eigenvalue weighted by Crippen LogP contribution is 2.19. The van der Waals surface area contributed by atoms with E-state index in [1.54, 1.807) is 6.08 Å². The average molecular weight is 1040 g/mol. The van der Waals surface area contributed by atoms with Gasteiger partial charge in [0.25, 0.3) is 0 Å². The Bertz CT molecular complexity index is 1130. The standard InChI is InChI=1S/C70H135NO3/c1-3-5-7-9-11-13-15-17-19-21-23-25-27-29-30-31-32-33-34-35-36-37-38-39-40-42-44-46-48-50-52-54-56-58-60-62-64-66-70(74)71-68(67-72)69(73)65-63-61-59-57-55-53-51-49-47-45-43-41-28-26-24-22-20-18-16-14-12-10-8-6-4-2/h15,17,21,23,63,65,68-69,72-73H,3-14,16,18-20,22,24-62,64,66-67H2,1-2H3,(H,71,74)/b17-15-,23-21-,65-63+. The van der Waals surface area contributed by atoms with E-state index in [0.29, 0.717) is 6.42 Å². The highest BCUT2D eigenvalue weighted by Gasteiger charge is 2.18. The molecule has 0 heterocycles. The van der Waals surface area contributed by atoms with Gasteiger partial charge in [0.1, 0.15) is 0 Å². The highest BCUT2D eigenvalue weighted by molar-refractivity contribution is 5.76. The smallest absolute Gasteiger partial charge is 0.220 e. The van der Waals surface area contributed by atoms with Crippen LogP contribution in [0.15, 0.2) is 36.5 Å². The van der Waals surface area contributed by atoms with E-state index in [1.165, 1.54) is 334 Å². The fraction of sp³-hybridized carbons (Fsp3) is 0.900. The number of allylic oxidation sites excluding steroid dienone is 5. The number of nitrogens with one attached hydrogen (secondary N) is 1. The molecule has 0 aromatic rings. The number of aliphatic hydroxyl groups excluding tert-OH is 2. The lowest BCUT2D eigenvalue weighted by atomic mass is 10.0. The minimum atomic E-state index is -0.839. The first kappa shape index (κ1) is 72.6. The van der Waals surface area contributed by atoms with E-state index >= 15 is 0 Å². The lowest BCUT2D eigenvalue weighted by molar-refractivity contribution is -0.123. The molecule has 0 aromatic carbocycles. The second-order valence-electron chi connectivity index (χ2n) is 23.6. The van der Waals surface area contributed by atoms with E-state index in [2.05, 4.69) is 43.5 Å². The van der Waals surface area contributed by atoms with E-state index < -0.39 is 12.1 Å². The maximum absolute atomic E-state index is 12.5. The number of rotatable bonds is 64. The molecular weight excluding hydrogens is 903 g/mol. The third-order valence-corrected chi connectivity index (χ3v) is 16.1. The Morgan fingerprint density at radius 1 is 0.324 bits per heavy atom. The van der Waals surface area contributed by atoms with Gasteiger partial charge >= 0.3 is 0 Å². The van der Waals surface area contributed by atoms with Gasteiger partial charge < -0.3 is 15.5 Å². The summed E-state index contributed by atoms with van der Waals surface area (Å²) < 4.78 is 0. The van der Waals surface area contributed by atoms with Crippen LogP contribution < -0.4 is 5.32 Å². The van der Waals surface area contributed by atoms with Crippen molar-refractivity contribution in [1.82, 2.24) is 5.32 Å². The molecule has 0 rings (SSSR count). The number of aliphatic hydroxyl groups is 2. The second kappa shape index (κ2) is 65.9. The van der Waals surface area contributed by atoms with Crippen LogP contribution in [-0.4, -0.2) is 34.9 Å². The maximum atomic E-state index is 12.5. The fourth-order valence-electron chi connectivity index (χ4n) is 10.9. The summed E-state index contributed by atoms with van der Waals surface area (Å²) in [6.45, 7) is 4.34. The van der Waals surface area contributed by atoms with Crippen LogP contribution in [0.2, 0.25) is 0 Å². The SMILES string of the molecule is CCCCCCC/C=C\C/C=C\CCCCCCCCCCCCCCCCCCCCCCCCCCCC(=O)NC(CO)C(O)/C=C/CCCCCCCCCCCCCCCCCCCCCCCCC. The Morgan fingerprint density at radius 3 is 0.811 bits per heavy atom. The molecule has 0 bridgehead atoms.